The number of thiocarbonyl (C=S) groups is 2. The van der Waals surface area contributed by atoms with Crippen molar-refractivity contribution in [1.29, 1.82) is 0 Å². The SMILES string of the molecule is O=C1/C(=C/c2ccco2)SC(=S)N1CC(=S)C1CCS(=O)(=O)C1. The van der Waals surface area contributed by atoms with Crippen LogP contribution in [0.2, 0.25) is 0 Å². The molecular weight excluding hydrogens is 374 g/mol. The molecule has 2 aliphatic rings. The number of nitrogens with zero attached hydrogens (tertiary/aromatic N) is 1. The molecule has 1 amide bonds. The third-order valence-electron chi connectivity index (χ3n) is 3.69. The van der Waals surface area contributed by atoms with Crippen molar-refractivity contribution in [2.24, 2.45) is 5.92 Å². The van der Waals surface area contributed by atoms with Gasteiger partial charge in [-0.1, -0.05) is 36.2 Å². The average molecular weight is 388 g/mol. The molecule has 1 aromatic rings. The number of hydrogen-bond acceptors (Lipinski definition) is 7. The molecule has 3 heterocycles. The molecule has 1 unspecified atom stereocenters. The summed E-state index contributed by atoms with van der Waals surface area (Å²) in [5.41, 5.74) is 0. The van der Waals surface area contributed by atoms with Crippen LogP contribution in [-0.4, -0.2) is 46.5 Å². The Kier molecular flexibility index (Phi) is 4.73. The fourth-order valence-electron chi connectivity index (χ4n) is 2.47. The van der Waals surface area contributed by atoms with E-state index >= 15 is 0 Å². The number of sulfone groups is 1. The molecular formula is C14H13NO4S4. The molecule has 2 saturated heterocycles. The van der Waals surface area contributed by atoms with Gasteiger partial charge in [0, 0.05) is 16.9 Å². The van der Waals surface area contributed by atoms with Gasteiger partial charge < -0.3 is 4.42 Å². The molecule has 2 fully saturated rings. The molecule has 0 N–H and O–H groups in total. The Morgan fingerprint density at radius 1 is 1.52 bits per heavy atom. The van der Waals surface area contributed by atoms with Gasteiger partial charge in [0.1, 0.15) is 10.1 Å². The van der Waals surface area contributed by atoms with Crippen molar-refractivity contribution in [3.8, 4) is 0 Å². The number of carbonyl (C=O) groups excluding carboxylic acids is 1. The first-order valence-corrected chi connectivity index (χ1v) is 10.3. The number of thioether (sulfide) groups is 1. The van der Waals surface area contributed by atoms with Crippen molar-refractivity contribution in [3.05, 3.63) is 29.1 Å². The lowest BCUT2D eigenvalue weighted by molar-refractivity contribution is -0.121. The Morgan fingerprint density at radius 3 is 2.91 bits per heavy atom. The first-order chi connectivity index (χ1) is 10.9. The fourth-order valence-corrected chi connectivity index (χ4v) is 5.93. The summed E-state index contributed by atoms with van der Waals surface area (Å²) in [7, 11) is -3.00. The third-order valence-corrected chi connectivity index (χ3v) is 7.30. The summed E-state index contributed by atoms with van der Waals surface area (Å²) in [6, 6.07) is 3.49. The minimum Gasteiger partial charge on any atom is -0.465 e. The minimum atomic E-state index is -3.00. The smallest absolute Gasteiger partial charge is 0.266 e. The fraction of sp³-hybridized carbons (Fsp3) is 0.357. The summed E-state index contributed by atoms with van der Waals surface area (Å²) in [6.45, 7) is 0.190. The van der Waals surface area contributed by atoms with Crippen LogP contribution in [0.1, 0.15) is 12.2 Å². The van der Waals surface area contributed by atoms with Gasteiger partial charge in [-0.15, -0.1) is 0 Å². The van der Waals surface area contributed by atoms with E-state index in [1.54, 1.807) is 18.2 Å². The van der Waals surface area contributed by atoms with Gasteiger partial charge in [0.25, 0.3) is 5.91 Å². The number of furan rings is 1. The van der Waals surface area contributed by atoms with E-state index in [1.165, 1.54) is 22.9 Å². The van der Waals surface area contributed by atoms with Crippen LogP contribution in [0.5, 0.6) is 0 Å². The average Bonchev–Trinajstić information content (AvgIpc) is 3.17. The maximum absolute atomic E-state index is 12.4. The predicted octanol–water partition coefficient (Wildman–Crippen LogP) is 2.29. The molecule has 0 saturated carbocycles. The van der Waals surface area contributed by atoms with E-state index in [-0.39, 0.29) is 29.9 Å². The maximum atomic E-state index is 12.4. The van der Waals surface area contributed by atoms with E-state index in [0.717, 1.165) is 0 Å². The van der Waals surface area contributed by atoms with Gasteiger partial charge in [-0.2, -0.15) is 0 Å². The molecule has 0 aromatic carbocycles. The second kappa shape index (κ2) is 6.46. The van der Waals surface area contributed by atoms with E-state index in [1.807, 2.05) is 0 Å². The highest BCUT2D eigenvalue weighted by atomic mass is 32.2. The second-order valence-electron chi connectivity index (χ2n) is 5.35. The normalized spacial score (nSPS) is 25.5. The van der Waals surface area contributed by atoms with Crippen LogP contribution in [0.3, 0.4) is 0 Å². The Balaban J connectivity index is 1.70. The summed E-state index contributed by atoms with van der Waals surface area (Å²) >= 11 is 11.8. The minimum absolute atomic E-state index is 0.0723. The molecule has 23 heavy (non-hydrogen) atoms. The van der Waals surface area contributed by atoms with Crippen LogP contribution in [-0.2, 0) is 14.6 Å². The molecule has 9 heteroatoms. The number of rotatable bonds is 4. The summed E-state index contributed by atoms with van der Waals surface area (Å²) in [4.78, 5) is 14.9. The van der Waals surface area contributed by atoms with Crippen LogP contribution in [0.15, 0.2) is 27.7 Å². The Bertz CT molecular complexity index is 795. The molecule has 0 spiro atoms. The maximum Gasteiger partial charge on any atom is 0.266 e. The van der Waals surface area contributed by atoms with Crippen molar-refractivity contribution in [1.82, 2.24) is 4.90 Å². The van der Waals surface area contributed by atoms with Gasteiger partial charge in [0.2, 0.25) is 0 Å². The van der Waals surface area contributed by atoms with Crippen LogP contribution >= 0.6 is 36.2 Å². The zero-order chi connectivity index (χ0) is 16.6. The lowest BCUT2D eigenvalue weighted by Crippen LogP contribution is -2.35. The van der Waals surface area contributed by atoms with Crippen molar-refractivity contribution in [2.75, 3.05) is 18.1 Å². The third kappa shape index (κ3) is 3.73. The zero-order valence-corrected chi connectivity index (χ0v) is 15.2. The van der Waals surface area contributed by atoms with Crippen molar-refractivity contribution in [3.63, 3.8) is 0 Å². The van der Waals surface area contributed by atoms with Crippen LogP contribution in [0.25, 0.3) is 6.08 Å². The Morgan fingerprint density at radius 2 is 2.30 bits per heavy atom. The summed E-state index contributed by atoms with van der Waals surface area (Å²) in [5, 5.41) is 0. The van der Waals surface area contributed by atoms with Gasteiger partial charge in [0.15, 0.2) is 9.84 Å². The molecule has 5 nitrogen and oxygen atoms in total. The quantitative estimate of drug-likeness (QED) is 0.580. The topological polar surface area (TPSA) is 67.6 Å². The Labute approximate surface area is 149 Å². The molecule has 122 valence electrons. The van der Waals surface area contributed by atoms with Crippen LogP contribution < -0.4 is 0 Å². The molecule has 3 rings (SSSR count). The zero-order valence-electron chi connectivity index (χ0n) is 11.9. The van der Waals surface area contributed by atoms with Crippen molar-refractivity contribution in [2.45, 2.75) is 6.42 Å². The van der Waals surface area contributed by atoms with Gasteiger partial charge in [-0.05, 0) is 18.6 Å². The second-order valence-corrected chi connectivity index (χ2v) is 9.78. The molecule has 1 aromatic heterocycles. The number of amides is 1. The lowest BCUT2D eigenvalue weighted by atomic mass is 10.0. The van der Waals surface area contributed by atoms with E-state index < -0.39 is 9.84 Å². The van der Waals surface area contributed by atoms with E-state index in [0.29, 0.717) is 26.3 Å². The first kappa shape index (κ1) is 16.8. The lowest BCUT2D eigenvalue weighted by Gasteiger charge is -2.18. The van der Waals surface area contributed by atoms with E-state index in [9.17, 15) is 13.2 Å². The predicted molar refractivity (Wildman–Crippen MR) is 97.9 cm³/mol. The van der Waals surface area contributed by atoms with Gasteiger partial charge in [-0.3, -0.25) is 9.69 Å². The van der Waals surface area contributed by atoms with Gasteiger partial charge in [-0.25, -0.2) is 8.42 Å². The summed E-state index contributed by atoms with van der Waals surface area (Å²) in [6.07, 6.45) is 3.70. The van der Waals surface area contributed by atoms with E-state index in [4.69, 9.17) is 28.9 Å². The van der Waals surface area contributed by atoms with Crippen LogP contribution in [0.4, 0.5) is 0 Å². The number of carbonyl (C=O) groups is 1. The summed E-state index contributed by atoms with van der Waals surface area (Å²) < 4.78 is 28.7. The monoisotopic (exact) mass is 387 g/mol. The highest BCUT2D eigenvalue weighted by Crippen LogP contribution is 2.33. The van der Waals surface area contributed by atoms with Crippen LogP contribution in [0, 0.1) is 5.92 Å². The first-order valence-electron chi connectivity index (χ1n) is 6.88. The Hall–Kier alpha value is -1.03. The standard InChI is InChI=1S/C14H13NO4S4/c16-13-12(6-10-2-1-4-19-10)22-14(21)15(13)7-11(20)9-3-5-23(17,18)8-9/h1-2,4,6,9H,3,5,7-8H2/b12-6-. The van der Waals surface area contributed by atoms with E-state index in [2.05, 4.69) is 0 Å². The van der Waals surface area contributed by atoms with Crippen molar-refractivity contribution < 1.29 is 17.6 Å². The number of hydrogen-bond donors (Lipinski definition) is 0. The molecule has 0 bridgehead atoms. The van der Waals surface area contributed by atoms with Gasteiger partial charge in [0.05, 0.1) is 29.2 Å². The summed E-state index contributed by atoms with van der Waals surface area (Å²) in [5.74, 6) is 0.417. The van der Waals surface area contributed by atoms with Gasteiger partial charge >= 0.3 is 0 Å². The highest BCUT2D eigenvalue weighted by Gasteiger charge is 2.36. The van der Waals surface area contributed by atoms with Crippen molar-refractivity contribution >= 4 is 67.2 Å². The molecule has 0 radical (unpaired) electrons. The largest absolute Gasteiger partial charge is 0.465 e. The highest BCUT2D eigenvalue weighted by molar-refractivity contribution is 8.26. The molecule has 2 aliphatic heterocycles. The molecule has 1 atom stereocenters. The molecule has 0 aliphatic carbocycles.